The van der Waals surface area contributed by atoms with Gasteiger partial charge in [-0.3, -0.25) is 9.88 Å². The van der Waals surface area contributed by atoms with Gasteiger partial charge in [-0.05, 0) is 62.1 Å². The number of carboxylic acids is 1. The molecule has 3 fully saturated rings. The van der Waals surface area contributed by atoms with Crippen molar-refractivity contribution in [3.8, 4) is 17.6 Å². The van der Waals surface area contributed by atoms with Crippen LogP contribution in [0, 0.1) is 22.6 Å². The van der Waals surface area contributed by atoms with Gasteiger partial charge in [-0.2, -0.15) is 5.26 Å². The predicted octanol–water partition coefficient (Wildman–Crippen LogP) is 6.11. The van der Waals surface area contributed by atoms with Crippen LogP contribution in [0.25, 0.3) is 11.0 Å². The van der Waals surface area contributed by atoms with Crippen LogP contribution in [0.2, 0.25) is 5.02 Å². The molecule has 4 heterocycles. The number of pyridine rings is 1. The van der Waals surface area contributed by atoms with Crippen molar-refractivity contribution < 1.29 is 23.8 Å². The van der Waals surface area contributed by atoms with Gasteiger partial charge in [0.05, 0.1) is 34.4 Å². The van der Waals surface area contributed by atoms with Crippen molar-refractivity contribution in [2.75, 3.05) is 18.0 Å². The fourth-order valence-corrected chi connectivity index (χ4v) is 7.42. The van der Waals surface area contributed by atoms with Crippen LogP contribution in [0.15, 0.2) is 48.7 Å². The Bertz CT molecular complexity index is 1920. The summed E-state index contributed by atoms with van der Waals surface area (Å²) in [7, 11) is 0. The zero-order valence-electron chi connectivity index (χ0n) is 25.2. The second-order valence-electron chi connectivity index (χ2n) is 13.1. The molecule has 0 amide bonds. The number of hydrogen-bond acceptors (Lipinski definition) is 8. The molecule has 0 spiro atoms. The van der Waals surface area contributed by atoms with E-state index in [2.05, 4.69) is 26.9 Å². The molecule has 2 aliphatic heterocycles. The van der Waals surface area contributed by atoms with Crippen molar-refractivity contribution in [1.29, 1.82) is 5.26 Å². The summed E-state index contributed by atoms with van der Waals surface area (Å²) in [4.78, 5) is 25.8. The average Bonchev–Trinajstić information content (AvgIpc) is 3.54. The highest BCUT2D eigenvalue weighted by Crippen LogP contribution is 2.52. The quantitative estimate of drug-likeness (QED) is 0.243. The minimum Gasteiger partial charge on any atom is -0.478 e. The number of fused-ring (bicyclic) bond motifs is 3. The minimum atomic E-state index is -1.19. The number of carbonyl (C=O) groups is 1. The van der Waals surface area contributed by atoms with E-state index in [-0.39, 0.29) is 28.6 Å². The Balaban J connectivity index is 1.07. The molecule has 1 N–H and O–H groups in total. The minimum absolute atomic E-state index is 0.111. The maximum Gasteiger partial charge on any atom is 0.335 e. The molecule has 1 saturated heterocycles. The van der Waals surface area contributed by atoms with E-state index in [1.165, 1.54) is 6.07 Å². The number of para-hydroxylation sites is 1. The number of nitrogens with zero attached hydrogens (tertiary/aromatic N) is 6. The maximum absolute atomic E-state index is 15.2. The highest BCUT2D eigenvalue weighted by Gasteiger charge is 2.48. The molecular weight excluding hydrogens is 611 g/mol. The summed E-state index contributed by atoms with van der Waals surface area (Å²) in [6.07, 6.45) is 5.82. The second-order valence-corrected chi connectivity index (χ2v) is 13.5. The zero-order valence-corrected chi connectivity index (χ0v) is 26.0. The van der Waals surface area contributed by atoms with Crippen LogP contribution in [-0.4, -0.2) is 55.7 Å². The van der Waals surface area contributed by atoms with Crippen LogP contribution in [0.3, 0.4) is 0 Å². The van der Waals surface area contributed by atoms with Crippen molar-refractivity contribution in [1.82, 2.24) is 19.4 Å². The number of aromatic carboxylic acids is 1. The fourth-order valence-electron chi connectivity index (χ4n) is 7.31. The van der Waals surface area contributed by atoms with Gasteiger partial charge in [0.2, 0.25) is 0 Å². The van der Waals surface area contributed by atoms with E-state index in [1.54, 1.807) is 12.3 Å². The van der Waals surface area contributed by atoms with Crippen LogP contribution >= 0.6 is 11.6 Å². The van der Waals surface area contributed by atoms with Crippen molar-refractivity contribution in [2.45, 2.75) is 70.0 Å². The smallest absolute Gasteiger partial charge is 0.335 e. The van der Waals surface area contributed by atoms with E-state index in [9.17, 15) is 15.2 Å². The number of aromatic nitrogens is 3. The van der Waals surface area contributed by atoms with Crippen LogP contribution < -0.4 is 14.4 Å². The van der Waals surface area contributed by atoms with Gasteiger partial charge in [0.15, 0.2) is 17.3 Å². The van der Waals surface area contributed by atoms with Crippen LogP contribution in [0.4, 0.5) is 10.1 Å². The van der Waals surface area contributed by atoms with E-state index < -0.39 is 17.6 Å². The van der Waals surface area contributed by atoms with Crippen LogP contribution in [-0.2, 0) is 18.9 Å². The summed E-state index contributed by atoms with van der Waals surface area (Å²) >= 11 is 6.07. The Morgan fingerprint density at radius 1 is 1.17 bits per heavy atom. The first-order valence-corrected chi connectivity index (χ1v) is 16.0. The van der Waals surface area contributed by atoms with Gasteiger partial charge in [0, 0.05) is 56.7 Å². The second kappa shape index (κ2) is 10.6. The third-order valence-electron chi connectivity index (χ3n) is 10.1. The summed E-state index contributed by atoms with van der Waals surface area (Å²) < 4.78 is 30.0. The summed E-state index contributed by atoms with van der Waals surface area (Å²) in [5.74, 6) is -0.857. The number of ether oxygens (including phenoxy) is 2. The number of benzene rings is 2. The highest BCUT2D eigenvalue weighted by molar-refractivity contribution is 6.30. The lowest BCUT2D eigenvalue weighted by molar-refractivity contribution is -0.0717. The molecular formula is C34H32ClFN6O4. The van der Waals surface area contributed by atoms with E-state index in [1.807, 2.05) is 29.7 Å². The molecule has 46 heavy (non-hydrogen) atoms. The molecule has 4 aliphatic rings. The number of anilines is 1. The molecule has 0 radical (unpaired) electrons. The highest BCUT2D eigenvalue weighted by atomic mass is 35.5. The molecule has 3 atom stereocenters. The molecule has 8 rings (SSSR count). The number of imidazole rings is 1. The topological polar surface area (TPSA) is 117 Å². The molecule has 10 nitrogen and oxygen atoms in total. The number of halogens is 2. The molecule has 2 aromatic carbocycles. The number of hydrogen-bond donors (Lipinski definition) is 1. The SMILES string of the molecule is C[C@@]1(c2ccc(Cl)cn2)Oc2cccc(N3CCN(Cc4nc5c(F)cc(C(=O)O)cc5n4CC4(CC#N)CC4)[C@@H]4CC[C@H]43)c2O1. The first-order chi connectivity index (χ1) is 22.2. The third-order valence-corrected chi connectivity index (χ3v) is 10.4. The third kappa shape index (κ3) is 4.74. The summed E-state index contributed by atoms with van der Waals surface area (Å²) in [6.45, 7) is 4.36. The standard InChI is InChI=1S/C34H32ClFN6O4/c1-33(28-8-5-21(35)17-38-28)45-27-4-2-3-25(31(27)46-33)41-14-13-40(23-6-7-24(23)41)18-29-39-30-22(36)15-20(32(43)44)16-26(30)42(29)19-34(9-10-34)11-12-37/h2-5,8,15-17,23-24H,6-7,9-11,13-14,18-19H2,1H3,(H,43,44)/t23-,24-,33-/m1/s1. The largest absolute Gasteiger partial charge is 0.478 e. The lowest BCUT2D eigenvalue weighted by atomic mass is 9.81. The van der Waals surface area contributed by atoms with Crippen molar-refractivity contribution in [3.05, 3.63) is 76.6 Å². The summed E-state index contributed by atoms with van der Waals surface area (Å²) in [6, 6.07) is 14.9. The Kier molecular flexibility index (Phi) is 6.67. The number of piperazine rings is 1. The van der Waals surface area contributed by atoms with Gasteiger partial charge in [-0.15, -0.1) is 0 Å². The lowest BCUT2D eigenvalue weighted by Crippen LogP contribution is -2.64. The van der Waals surface area contributed by atoms with Gasteiger partial charge in [-0.1, -0.05) is 17.7 Å². The number of nitriles is 1. The molecule has 2 saturated carbocycles. The van der Waals surface area contributed by atoms with E-state index in [0.29, 0.717) is 53.1 Å². The Morgan fingerprint density at radius 2 is 2.00 bits per heavy atom. The molecule has 236 valence electrons. The predicted molar refractivity (Wildman–Crippen MR) is 167 cm³/mol. The van der Waals surface area contributed by atoms with E-state index in [0.717, 1.165) is 50.5 Å². The molecule has 0 unspecified atom stereocenters. The fraction of sp³-hybridized carbons (Fsp3) is 0.412. The van der Waals surface area contributed by atoms with Crippen molar-refractivity contribution in [2.24, 2.45) is 5.41 Å². The first-order valence-electron chi connectivity index (χ1n) is 15.6. The maximum atomic E-state index is 15.2. The Morgan fingerprint density at radius 3 is 2.70 bits per heavy atom. The average molecular weight is 643 g/mol. The van der Waals surface area contributed by atoms with Gasteiger partial charge < -0.3 is 24.0 Å². The summed E-state index contributed by atoms with van der Waals surface area (Å²) in [5, 5.41) is 19.6. The summed E-state index contributed by atoms with van der Waals surface area (Å²) in [5.41, 5.74) is 1.95. The molecule has 0 bridgehead atoms. The van der Waals surface area contributed by atoms with Crippen LogP contribution in [0.5, 0.6) is 11.5 Å². The monoisotopic (exact) mass is 642 g/mol. The Labute approximate surface area is 269 Å². The number of rotatable bonds is 8. The van der Waals surface area contributed by atoms with Crippen molar-refractivity contribution in [3.63, 3.8) is 0 Å². The van der Waals surface area contributed by atoms with Gasteiger partial charge in [0.1, 0.15) is 17.0 Å². The first kappa shape index (κ1) is 29.0. The normalized spacial score (nSPS) is 24.3. The van der Waals surface area contributed by atoms with Crippen molar-refractivity contribution >= 4 is 34.3 Å². The molecule has 12 heteroatoms. The van der Waals surface area contributed by atoms with E-state index >= 15 is 4.39 Å². The molecule has 2 aromatic heterocycles. The van der Waals surface area contributed by atoms with Gasteiger partial charge in [-0.25, -0.2) is 14.2 Å². The molecule has 4 aromatic rings. The van der Waals surface area contributed by atoms with Crippen LogP contribution in [0.1, 0.15) is 60.9 Å². The zero-order chi connectivity index (χ0) is 31.8. The van der Waals surface area contributed by atoms with Gasteiger partial charge >= 0.3 is 5.97 Å². The molecule has 2 aliphatic carbocycles. The van der Waals surface area contributed by atoms with E-state index in [4.69, 9.17) is 26.1 Å². The lowest BCUT2D eigenvalue weighted by Gasteiger charge is -2.54. The van der Waals surface area contributed by atoms with Gasteiger partial charge in [0.25, 0.3) is 5.79 Å². The Hall–Kier alpha value is -4.40. The number of carboxylic acid groups (broad SMARTS) is 1.